The second kappa shape index (κ2) is 4.97. The van der Waals surface area contributed by atoms with Crippen LogP contribution in [0.5, 0.6) is 0 Å². The van der Waals surface area contributed by atoms with E-state index in [1.807, 2.05) is 18.2 Å². The Hall–Kier alpha value is -0.940. The van der Waals surface area contributed by atoms with E-state index < -0.39 is 0 Å². The van der Waals surface area contributed by atoms with Crippen molar-refractivity contribution in [1.29, 1.82) is 0 Å². The second-order valence-electron chi connectivity index (χ2n) is 4.91. The highest BCUT2D eigenvalue weighted by Crippen LogP contribution is 2.22. The van der Waals surface area contributed by atoms with Gasteiger partial charge in [0.05, 0.1) is 4.60 Å². The number of nitrogens with zero attached hydrogens (tertiary/aromatic N) is 4. The van der Waals surface area contributed by atoms with Crippen LogP contribution in [0.4, 0.5) is 0 Å². The van der Waals surface area contributed by atoms with Crippen LogP contribution in [-0.4, -0.2) is 39.1 Å². The van der Waals surface area contributed by atoms with Crippen LogP contribution < -0.4 is 0 Å². The predicted octanol–water partition coefficient (Wildman–Crippen LogP) is 2.38. The summed E-state index contributed by atoms with van der Waals surface area (Å²) in [5.74, 6) is 1.78. The topological polar surface area (TPSA) is 33.4 Å². The Labute approximate surface area is 115 Å². The summed E-state index contributed by atoms with van der Waals surface area (Å²) in [4.78, 5) is 2.50. The molecule has 0 bridgehead atoms. The van der Waals surface area contributed by atoms with Crippen molar-refractivity contribution in [2.45, 2.75) is 19.8 Å². The van der Waals surface area contributed by atoms with E-state index in [2.05, 4.69) is 42.4 Å². The Bertz CT molecular complexity index is 551. The average Bonchev–Trinajstić information content (AvgIpc) is 2.98. The molecule has 0 aliphatic carbocycles. The first-order valence-electron chi connectivity index (χ1n) is 6.49. The zero-order valence-corrected chi connectivity index (χ0v) is 12.1. The molecule has 4 nitrogen and oxygen atoms in total. The van der Waals surface area contributed by atoms with Crippen LogP contribution in [0.2, 0.25) is 0 Å². The van der Waals surface area contributed by atoms with Crippen LogP contribution in [0, 0.1) is 5.92 Å². The summed E-state index contributed by atoms with van der Waals surface area (Å²) in [5.41, 5.74) is 0.921. The van der Waals surface area contributed by atoms with E-state index in [0.29, 0.717) is 5.92 Å². The molecule has 0 amide bonds. The molecule has 0 radical (unpaired) electrons. The third kappa shape index (κ3) is 2.17. The molecule has 1 aliphatic heterocycles. The van der Waals surface area contributed by atoms with E-state index in [0.717, 1.165) is 29.0 Å². The van der Waals surface area contributed by atoms with Gasteiger partial charge in [-0.25, -0.2) is 0 Å². The number of hydrogen-bond acceptors (Lipinski definition) is 3. The van der Waals surface area contributed by atoms with Crippen LogP contribution in [0.15, 0.2) is 22.8 Å². The van der Waals surface area contributed by atoms with Gasteiger partial charge in [-0.2, -0.15) is 0 Å². The van der Waals surface area contributed by atoms with Gasteiger partial charge < -0.3 is 4.90 Å². The van der Waals surface area contributed by atoms with Crippen molar-refractivity contribution in [3.63, 3.8) is 0 Å². The highest BCUT2D eigenvalue weighted by molar-refractivity contribution is 9.10. The number of fused-ring (bicyclic) bond motifs is 1. The summed E-state index contributed by atoms with van der Waals surface area (Å²) < 4.78 is 3.14. The third-order valence-electron chi connectivity index (χ3n) is 3.74. The molecular formula is C13H17BrN4. The van der Waals surface area contributed by atoms with Crippen molar-refractivity contribution in [3.05, 3.63) is 28.6 Å². The lowest BCUT2D eigenvalue weighted by Gasteiger charge is -2.12. The molecule has 1 saturated heterocycles. The molecule has 18 heavy (non-hydrogen) atoms. The fourth-order valence-corrected chi connectivity index (χ4v) is 3.26. The standard InChI is InChI=1S/C13H17BrN4/c1-2-17-7-6-10(9-17)8-13-16-15-12-5-3-4-11(14)18(12)13/h3-5,10H,2,6-9H2,1H3. The highest BCUT2D eigenvalue weighted by Gasteiger charge is 2.23. The van der Waals surface area contributed by atoms with Crippen LogP contribution in [0.3, 0.4) is 0 Å². The molecule has 0 spiro atoms. The van der Waals surface area contributed by atoms with Crippen molar-refractivity contribution in [2.24, 2.45) is 5.92 Å². The molecule has 0 N–H and O–H groups in total. The normalized spacial score (nSPS) is 20.9. The summed E-state index contributed by atoms with van der Waals surface area (Å²) in [6.07, 6.45) is 2.29. The lowest BCUT2D eigenvalue weighted by Crippen LogP contribution is -2.20. The maximum Gasteiger partial charge on any atom is 0.161 e. The molecule has 1 unspecified atom stereocenters. The molecule has 3 heterocycles. The van der Waals surface area contributed by atoms with Gasteiger partial charge in [0.15, 0.2) is 5.65 Å². The molecule has 0 saturated carbocycles. The number of hydrogen-bond donors (Lipinski definition) is 0. The van der Waals surface area contributed by atoms with Gasteiger partial charge in [-0.05, 0) is 53.5 Å². The van der Waals surface area contributed by atoms with Crippen molar-refractivity contribution in [2.75, 3.05) is 19.6 Å². The minimum Gasteiger partial charge on any atom is -0.303 e. The first kappa shape index (κ1) is 12.1. The molecule has 1 fully saturated rings. The van der Waals surface area contributed by atoms with Crippen LogP contribution >= 0.6 is 15.9 Å². The Morgan fingerprint density at radius 1 is 1.39 bits per heavy atom. The molecule has 5 heteroatoms. The first-order valence-corrected chi connectivity index (χ1v) is 7.28. The van der Waals surface area contributed by atoms with Crippen molar-refractivity contribution in [1.82, 2.24) is 19.5 Å². The van der Waals surface area contributed by atoms with Crippen molar-refractivity contribution in [3.8, 4) is 0 Å². The minimum absolute atomic E-state index is 0.712. The van der Waals surface area contributed by atoms with E-state index in [1.165, 1.54) is 19.5 Å². The van der Waals surface area contributed by atoms with E-state index in [-0.39, 0.29) is 0 Å². The van der Waals surface area contributed by atoms with Crippen LogP contribution in [0.1, 0.15) is 19.2 Å². The Kier molecular flexibility index (Phi) is 3.35. The van der Waals surface area contributed by atoms with E-state index in [1.54, 1.807) is 0 Å². The van der Waals surface area contributed by atoms with Gasteiger partial charge in [-0.15, -0.1) is 10.2 Å². The molecule has 3 rings (SSSR count). The van der Waals surface area contributed by atoms with Crippen molar-refractivity contribution < 1.29 is 0 Å². The van der Waals surface area contributed by atoms with Gasteiger partial charge >= 0.3 is 0 Å². The average molecular weight is 309 g/mol. The predicted molar refractivity (Wildman–Crippen MR) is 74.6 cm³/mol. The largest absolute Gasteiger partial charge is 0.303 e. The quantitative estimate of drug-likeness (QED) is 0.816. The minimum atomic E-state index is 0.712. The fraction of sp³-hybridized carbons (Fsp3) is 0.538. The van der Waals surface area contributed by atoms with Gasteiger partial charge in [0.25, 0.3) is 0 Å². The van der Waals surface area contributed by atoms with Gasteiger partial charge in [-0.1, -0.05) is 13.0 Å². The highest BCUT2D eigenvalue weighted by atomic mass is 79.9. The number of likely N-dealkylation sites (tertiary alicyclic amines) is 1. The molecule has 1 aliphatic rings. The lowest BCUT2D eigenvalue weighted by atomic mass is 10.0. The number of aromatic nitrogens is 3. The van der Waals surface area contributed by atoms with Crippen molar-refractivity contribution >= 4 is 21.6 Å². The summed E-state index contributed by atoms with van der Waals surface area (Å²) >= 11 is 3.57. The number of rotatable bonds is 3. The smallest absolute Gasteiger partial charge is 0.161 e. The summed E-state index contributed by atoms with van der Waals surface area (Å²) in [7, 11) is 0. The summed E-state index contributed by atoms with van der Waals surface area (Å²) in [5, 5.41) is 8.57. The molecule has 96 valence electrons. The molecular weight excluding hydrogens is 292 g/mol. The summed E-state index contributed by atoms with van der Waals surface area (Å²) in [6.45, 7) is 5.79. The summed E-state index contributed by atoms with van der Waals surface area (Å²) in [6, 6.07) is 6.02. The monoisotopic (exact) mass is 308 g/mol. The molecule has 0 aromatic carbocycles. The van der Waals surface area contributed by atoms with E-state index >= 15 is 0 Å². The Balaban J connectivity index is 1.83. The SMILES string of the molecule is CCN1CCC(Cc2nnc3cccc(Br)n23)C1. The lowest BCUT2D eigenvalue weighted by molar-refractivity contribution is 0.340. The maximum absolute atomic E-state index is 4.33. The van der Waals surface area contributed by atoms with E-state index in [9.17, 15) is 0 Å². The third-order valence-corrected chi connectivity index (χ3v) is 4.36. The van der Waals surface area contributed by atoms with Gasteiger partial charge in [0, 0.05) is 13.0 Å². The van der Waals surface area contributed by atoms with Crippen LogP contribution in [0.25, 0.3) is 5.65 Å². The molecule has 2 aromatic heterocycles. The maximum atomic E-state index is 4.33. The Morgan fingerprint density at radius 3 is 3.06 bits per heavy atom. The van der Waals surface area contributed by atoms with Gasteiger partial charge in [-0.3, -0.25) is 4.40 Å². The first-order chi connectivity index (χ1) is 8.78. The van der Waals surface area contributed by atoms with Gasteiger partial charge in [0.1, 0.15) is 5.82 Å². The second-order valence-corrected chi connectivity index (χ2v) is 5.72. The van der Waals surface area contributed by atoms with Gasteiger partial charge in [0.2, 0.25) is 0 Å². The Morgan fingerprint density at radius 2 is 2.28 bits per heavy atom. The van der Waals surface area contributed by atoms with Crippen LogP contribution in [-0.2, 0) is 6.42 Å². The van der Waals surface area contributed by atoms with E-state index in [4.69, 9.17) is 0 Å². The number of halogens is 1. The molecule has 2 aromatic rings. The fourth-order valence-electron chi connectivity index (χ4n) is 2.72. The number of pyridine rings is 1. The zero-order valence-electron chi connectivity index (χ0n) is 10.5. The molecule has 1 atom stereocenters. The zero-order chi connectivity index (χ0) is 12.5.